The summed E-state index contributed by atoms with van der Waals surface area (Å²) in [5, 5.41) is 11.6. The molecule has 1 aromatic rings. The molecule has 0 unspecified atom stereocenters. The van der Waals surface area contributed by atoms with Crippen LogP contribution in [0, 0.1) is 0 Å². The van der Waals surface area contributed by atoms with Crippen LogP contribution < -0.4 is 4.74 Å². The molecule has 0 heterocycles. The molecule has 0 bridgehead atoms. The summed E-state index contributed by atoms with van der Waals surface area (Å²) in [6, 6.07) is 6.72. The number of nitrogens with zero attached hydrogens (tertiary/aromatic N) is 1. The maximum atomic E-state index is 10.6. The molecule has 1 rings (SSSR count). The first-order chi connectivity index (χ1) is 6.63. The van der Waals surface area contributed by atoms with Crippen LogP contribution in [0.1, 0.15) is 19.4 Å². The molecule has 0 aliphatic rings. The Hall–Kier alpha value is -1.84. The smallest absolute Gasteiger partial charge is 0.308 e. The average molecular weight is 193 g/mol. The molecule has 1 aromatic carbocycles. The predicted octanol–water partition coefficient (Wildman–Crippen LogP) is 1.81. The maximum Gasteiger partial charge on any atom is 0.308 e. The number of rotatable bonds is 2. The third kappa shape index (κ3) is 2.58. The monoisotopic (exact) mass is 193 g/mol. The van der Waals surface area contributed by atoms with Gasteiger partial charge in [-0.05, 0) is 36.8 Å². The molecule has 0 radical (unpaired) electrons. The van der Waals surface area contributed by atoms with Crippen LogP contribution >= 0.6 is 0 Å². The van der Waals surface area contributed by atoms with Crippen LogP contribution in [0.25, 0.3) is 0 Å². The number of ether oxygens (including phenoxy) is 1. The number of esters is 1. The SMILES string of the molecule is CC(=O)Oc1ccc(/C(C)=N/O)cc1. The summed E-state index contributed by atoms with van der Waals surface area (Å²) < 4.78 is 4.84. The number of benzene rings is 1. The molecule has 74 valence electrons. The minimum atomic E-state index is -0.356. The number of oxime groups is 1. The van der Waals surface area contributed by atoms with E-state index in [-0.39, 0.29) is 5.97 Å². The van der Waals surface area contributed by atoms with Crippen LogP contribution in [0.3, 0.4) is 0 Å². The number of carbonyl (C=O) groups is 1. The minimum Gasteiger partial charge on any atom is -0.427 e. The van der Waals surface area contributed by atoms with Crippen LogP contribution in [-0.2, 0) is 4.79 Å². The Labute approximate surface area is 81.8 Å². The van der Waals surface area contributed by atoms with Gasteiger partial charge in [0.05, 0.1) is 5.71 Å². The van der Waals surface area contributed by atoms with E-state index in [0.29, 0.717) is 11.5 Å². The second-order valence-electron chi connectivity index (χ2n) is 2.80. The molecule has 0 aliphatic heterocycles. The third-order valence-corrected chi connectivity index (χ3v) is 1.68. The van der Waals surface area contributed by atoms with Crippen LogP contribution in [0.5, 0.6) is 5.75 Å². The fraction of sp³-hybridized carbons (Fsp3) is 0.200. The van der Waals surface area contributed by atoms with E-state index in [1.807, 2.05) is 0 Å². The lowest BCUT2D eigenvalue weighted by Gasteiger charge is -2.02. The molecule has 0 saturated carbocycles. The predicted molar refractivity (Wildman–Crippen MR) is 51.7 cm³/mol. The van der Waals surface area contributed by atoms with Crippen LogP contribution in [0.2, 0.25) is 0 Å². The zero-order valence-corrected chi connectivity index (χ0v) is 8.02. The van der Waals surface area contributed by atoms with Crippen molar-refractivity contribution in [2.24, 2.45) is 5.16 Å². The maximum absolute atomic E-state index is 10.6. The highest BCUT2D eigenvalue weighted by atomic mass is 16.5. The van der Waals surface area contributed by atoms with Gasteiger partial charge in [0, 0.05) is 6.92 Å². The van der Waals surface area contributed by atoms with E-state index < -0.39 is 0 Å². The molecular formula is C10H11NO3. The summed E-state index contributed by atoms with van der Waals surface area (Å²) in [6.07, 6.45) is 0. The van der Waals surface area contributed by atoms with Crippen molar-refractivity contribution in [3.63, 3.8) is 0 Å². The lowest BCUT2D eigenvalue weighted by atomic mass is 10.1. The minimum absolute atomic E-state index is 0.356. The molecule has 4 heteroatoms. The summed E-state index contributed by atoms with van der Waals surface area (Å²) >= 11 is 0. The second kappa shape index (κ2) is 4.41. The van der Waals surface area contributed by atoms with Gasteiger partial charge in [-0.25, -0.2) is 0 Å². The van der Waals surface area contributed by atoms with Crippen molar-refractivity contribution >= 4 is 11.7 Å². The molecule has 0 atom stereocenters. The van der Waals surface area contributed by atoms with Gasteiger partial charge in [-0.3, -0.25) is 4.79 Å². The zero-order valence-electron chi connectivity index (χ0n) is 8.02. The molecule has 1 N–H and O–H groups in total. The van der Waals surface area contributed by atoms with Crippen molar-refractivity contribution in [1.29, 1.82) is 0 Å². The highest BCUT2D eigenvalue weighted by molar-refractivity contribution is 5.98. The van der Waals surface area contributed by atoms with Crippen molar-refractivity contribution < 1.29 is 14.7 Å². The summed E-state index contributed by atoms with van der Waals surface area (Å²) in [4.78, 5) is 10.6. The van der Waals surface area contributed by atoms with Gasteiger partial charge in [-0.1, -0.05) is 5.16 Å². The largest absolute Gasteiger partial charge is 0.427 e. The Morgan fingerprint density at radius 3 is 2.29 bits per heavy atom. The molecule has 0 amide bonds. The Balaban J connectivity index is 2.83. The van der Waals surface area contributed by atoms with E-state index in [1.165, 1.54) is 6.92 Å². The van der Waals surface area contributed by atoms with E-state index in [2.05, 4.69) is 5.16 Å². The highest BCUT2D eigenvalue weighted by Gasteiger charge is 2.00. The van der Waals surface area contributed by atoms with Crippen LogP contribution in [0.4, 0.5) is 0 Å². The van der Waals surface area contributed by atoms with E-state index >= 15 is 0 Å². The Morgan fingerprint density at radius 1 is 1.29 bits per heavy atom. The van der Waals surface area contributed by atoms with Gasteiger partial charge >= 0.3 is 5.97 Å². The van der Waals surface area contributed by atoms with Gasteiger partial charge in [0.2, 0.25) is 0 Å². The molecule has 4 nitrogen and oxygen atoms in total. The Morgan fingerprint density at radius 2 is 1.86 bits per heavy atom. The first-order valence-corrected chi connectivity index (χ1v) is 4.11. The van der Waals surface area contributed by atoms with E-state index in [1.54, 1.807) is 31.2 Å². The Kier molecular flexibility index (Phi) is 3.23. The van der Waals surface area contributed by atoms with Gasteiger partial charge in [0.15, 0.2) is 0 Å². The number of hydrogen-bond acceptors (Lipinski definition) is 4. The molecule has 0 saturated heterocycles. The first kappa shape index (κ1) is 10.2. The lowest BCUT2D eigenvalue weighted by Crippen LogP contribution is -2.01. The van der Waals surface area contributed by atoms with E-state index in [0.717, 1.165) is 5.56 Å². The highest BCUT2D eigenvalue weighted by Crippen LogP contribution is 2.12. The van der Waals surface area contributed by atoms with Crippen molar-refractivity contribution in [1.82, 2.24) is 0 Å². The van der Waals surface area contributed by atoms with Gasteiger partial charge in [-0.15, -0.1) is 0 Å². The van der Waals surface area contributed by atoms with Gasteiger partial charge in [0.25, 0.3) is 0 Å². The van der Waals surface area contributed by atoms with Gasteiger partial charge in [0.1, 0.15) is 5.75 Å². The van der Waals surface area contributed by atoms with Crippen LogP contribution in [-0.4, -0.2) is 16.9 Å². The zero-order chi connectivity index (χ0) is 10.6. The van der Waals surface area contributed by atoms with Gasteiger partial charge in [-0.2, -0.15) is 0 Å². The average Bonchev–Trinajstić information content (AvgIpc) is 2.17. The fourth-order valence-corrected chi connectivity index (χ4v) is 0.988. The number of carbonyl (C=O) groups excluding carboxylic acids is 1. The number of hydrogen-bond donors (Lipinski definition) is 1. The standard InChI is InChI=1S/C10H11NO3/c1-7(11-13)9-3-5-10(6-4-9)14-8(2)12/h3-6,13H,1-2H3/b11-7+. The summed E-state index contributed by atoms with van der Waals surface area (Å²) in [6.45, 7) is 3.02. The summed E-state index contributed by atoms with van der Waals surface area (Å²) in [7, 11) is 0. The topological polar surface area (TPSA) is 58.9 Å². The Bertz CT molecular complexity index is 354. The second-order valence-corrected chi connectivity index (χ2v) is 2.80. The van der Waals surface area contributed by atoms with E-state index in [9.17, 15) is 4.79 Å². The molecule has 0 aliphatic carbocycles. The molecular weight excluding hydrogens is 182 g/mol. The molecule has 0 fully saturated rings. The lowest BCUT2D eigenvalue weighted by molar-refractivity contribution is -0.131. The third-order valence-electron chi connectivity index (χ3n) is 1.68. The summed E-state index contributed by atoms with van der Waals surface area (Å²) in [5.41, 5.74) is 1.29. The molecule has 0 aromatic heterocycles. The summed E-state index contributed by atoms with van der Waals surface area (Å²) in [5.74, 6) is 0.122. The van der Waals surface area contributed by atoms with Crippen LogP contribution in [0.15, 0.2) is 29.4 Å². The quantitative estimate of drug-likeness (QED) is 0.256. The van der Waals surface area contributed by atoms with Gasteiger partial charge < -0.3 is 9.94 Å². The molecule has 14 heavy (non-hydrogen) atoms. The van der Waals surface area contributed by atoms with Crippen molar-refractivity contribution in [3.8, 4) is 5.75 Å². The molecule has 0 spiro atoms. The normalized spacial score (nSPS) is 11.1. The van der Waals surface area contributed by atoms with Crippen molar-refractivity contribution in [3.05, 3.63) is 29.8 Å². The van der Waals surface area contributed by atoms with E-state index in [4.69, 9.17) is 9.94 Å². The fourth-order valence-electron chi connectivity index (χ4n) is 0.988. The first-order valence-electron chi connectivity index (χ1n) is 4.11. The van der Waals surface area contributed by atoms with Crippen molar-refractivity contribution in [2.45, 2.75) is 13.8 Å². The van der Waals surface area contributed by atoms with Crippen molar-refractivity contribution in [2.75, 3.05) is 0 Å².